The number of hydrogen-bond donors (Lipinski definition) is 2. The third kappa shape index (κ3) is 3.70. The van der Waals surface area contributed by atoms with Crippen LogP contribution in [0.25, 0.3) is 0 Å². The number of carbonyl (C=O) groups is 1. The lowest BCUT2D eigenvalue weighted by Crippen LogP contribution is -2.23. The van der Waals surface area contributed by atoms with Gasteiger partial charge in [-0.15, -0.1) is 0 Å². The van der Waals surface area contributed by atoms with Crippen LogP contribution in [0.15, 0.2) is 22.7 Å². The second-order valence-electron chi connectivity index (χ2n) is 4.83. The molecule has 104 valence electrons. The van der Waals surface area contributed by atoms with Gasteiger partial charge in [-0.05, 0) is 44.4 Å². The Kier molecular flexibility index (Phi) is 4.82. The minimum atomic E-state index is 0.0171. The van der Waals surface area contributed by atoms with E-state index in [1.54, 1.807) is 0 Å². The smallest absolute Gasteiger partial charge is 0.227 e. The number of nitrogens with two attached hydrogens (primary N) is 1. The fourth-order valence-electron chi connectivity index (χ4n) is 2.37. The third-order valence-corrected chi connectivity index (χ3v) is 3.84. The molecular formula is C14H19BrN2O2. The number of nitrogens with one attached hydrogen (secondary N) is 1. The molecule has 0 radical (unpaired) electrons. The highest BCUT2D eigenvalue weighted by atomic mass is 79.9. The molecule has 1 aliphatic rings. The molecule has 0 aliphatic heterocycles. The summed E-state index contributed by atoms with van der Waals surface area (Å²) < 4.78 is 6.43. The summed E-state index contributed by atoms with van der Waals surface area (Å²) in [5.41, 5.74) is 6.56. The maximum Gasteiger partial charge on any atom is 0.227 e. The molecule has 4 nitrogen and oxygen atoms in total. The summed E-state index contributed by atoms with van der Waals surface area (Å²) in [6.07, 6.45) is 2.56. The van der Waals surface area contributed by atoms with Crippen LogP contribution in [0.3, 0.4) is 0 Å². The molecule has 1 amide bonds. The number of anilines is 1. The molecule has 2 rings (SSSR count). The van der Waals surface area contributed by atoms with Crippen molar-refractivity contribution in [2.24, 2.45) is 11.7 Å². The molecular weight excluding hydrogens is 308 g/mol. The highest BCUT2D eigenvalue weighted by Gasteiger charge is 2.28. The Morgan fingerprint density at radius 3 is 2.95 bits per heavy atom. The standard InChI is InChI=1S/C14H19BrN2O2/c1-2-19-13-6-4-10(15)8-12(13)17-14(18)9-3-5-11(16)7-9/h4,6,8-9,11H,2-3,5,7,16H2,1H3,(H,17,18). The predicted octanol–water partition coefficient (Wildman–Crippen LogP) is 2.91. The van der Waals surface area contributed by atoms with Crippen molar-refractivity contribution in [3.8, 4) is 5.75 Å². The molecule has 3 N–H and O–H groups in total. The zero-order valence-corrected chi connectivity index (χ0v) is 12.6. The number of carbonyl (C=O) groups excluding carboxylic acids is 1. The van der Waals surface area contributed by atoms with Crippen LogP contribution in [0, 0.1) is 5.92 Å². The van der Waals surface area contributed by atoms with Gasteiger partial charge in [0.2, 0.25) is 5.91 Å². The Bertz CT molecular complexity index is 465. The van der Waals surface area contributed by atoms with E-state index in [2.05, 4.69) is 21.2 Å². The highest BCUT2D eigenvalue weighted by Crippen LogP contribution is 2.31. The average molecular weight is 327 g/mol. The highest BCUT2D eigenvalue weighted by molar-refractivity contribution is 9.10. The SMILES string of the molecule is CCOc1ccc(Br)cc1NC(=O)C1CCC(N)C1. The van der Waals surface area contributed by atoms with E-state index in [1.165, 1.54) is 0 Å². The molecule has 0 spiro atoms. The molecule has 1 aromatic carbocycles. The van der Waals surface area contributed by atoms with Gasteiger partial charge in [-0.3, -0.25) is 4.79 Å². The van der Waals surface area contributed by atoms with E-state index < -0.39 is 0 Å². The largest absolute Gasteiger partial charge is 0.492 e. The van der Waals surface area contributed by atoms with Crippen LogP contribution in [0.4, 0.5) is 5.69 Å². The monoisotopic (exact) mass is 326 g/mol. The maximum atomic E-state index is 12.2. The normalized spacial score (nSPS) is 22.3. The van der Waals surface area contributed by atoms with Crippen molar-refractivity contribution < 1.29 is 9.53 Å². The predicted molar refractivity (Wildman–Crippen MR) is 79.3 cm³/mol. The van der Waals surface area contributed by atoms with Gasteiger partial charge >= 0.3 is 0 Å². The van der Waals surface area contributed by atoms with E-state index >= 15 is 0 Å². The van der Waals surface area contributed by atoms with Crippen molar-refractivity contribution >= 4 is 27.5 Å². The molecule has 1 fully saturated rings. The maximum absolute atomic E-state index is 12.2. The molecule has 0 bridgehead atoms. The molecule has 5 heteroatoms. The number of hydrogen-bond acceptors (Lipinski definition) is 3. The van der Waals surface area contributed by atoms with E-state index in [1.807, 2.05) is 25.1 Å². The van der Waals surface area contributed by atoms with Crippen molar-refractivity contribution in [3.05, 3.63) is 22.7 Å². The lowest BCUT2D eigenvalue weighted by molar-refractivity contribution is -0.119. The van der Waals surface area contributed by atoms with E-state index in [0.29, 0.717) is 18.0 Å². The van der Waals surface area contributed by atoms with Crippen LogP contribution >= 0.6 is 15.9 Å². The van der Waals surface area contributed by atoms with Gasteiger partial charge in [-0.25, -0.2) is 0 Å². The van der Waals surface area contributed by atoms with Crippen LogP contribution in [0.2, 0.25) is 0 Å². The van der Waals surface area contributed by atoms with Crippen LogP contribution in [0.1, 0.15) is 26.2 Å². The van der Waals surface area contributed by atoms with Crippen molar-refractivity contribution in [2.75, 3.05) is 11.9 Å². The van der Waals surface area contributed by atoms with Crippen LogP contribution in [0.5, 0.6) is 5.75 Å². The van der Waals surface area contributed by atoms with Crippen molar-refractivity contribution in [2.45, 2.75) is 32.2 Å². The van der Waals surface area contributed by atoms with Crippen LogP contribution in [-0.4, -0.2) is 18.6 Å². The molecule has 1 aliphatic carbocycles. The molecule has 1 saturated carbocycles. The van der Waals surface area contributed by atoms with Gasteiger partial charge in [0.25, 0.3) is 0 Å². The first-order valence-electron chi connectivity index (χ1n) is 6.59. The molecule has 1 aromatic rings. The first-order valence-corrected chi connectivity index (χ1v) is 7.38. The van der Waals surface area contributed by atoms with Crippen molar-refractivity contribution in [3.63, 3.8) is 0 Å². The Morgan fingerprint density at radius 2 is 2.32 bits per heavy atom. The molecule has 0 heterocycles. The summed E-state index contributed by atoms with van der Waals surface area (Å²) in [6.45, 7) is 2.49. The number of amides is 1. The summed E-state index contributed by atoms with van der Waals surface area (Å²) in [5.74, 6) is 0.747. The number of ether oxygens (including phenoxy) is 1. The van der Waals surface area contributed by atoms with E-state index in [9.17, 15) is 4.79 Å². The van der Waals surface area contributed by atoms with Crippen LogP contribution in [-0.2, 0) is 4.79 Å². The van der Waals surface area contributed by atoms with E-state index in [4.69, 9.17) is 10.5 Å². The second kappa shape index (κ2) is 6.39. The fourth-order valence-corrected chi connectivity index (χ4v) is 2.73. The fraction of sp³-hybridized carbons (Fsp3) is 0.500. The Balaban J connectivity index is 2.09. The van der Waals surface area contributed by atoms with Crippen LogP contribution < -0.4 is 15.8 Å². The molecule has 0 aromatic heterocycles. The molecule has 2 atom stereocenters. The van der Waals surface area contributed by atoms with Crippen molar-refractivity contribution in [1.82, 2.24) is 0 Å². The minimum Gasteiger partial charge on any atom is -0.492 e. The second-order valence-corrected chi connectivity index (χ2v) is 5.75. The number of benzene rings is 1. The summed E-state index contributed by atoms with van der Waals surface area (Å²) in [6, 6.07) is 5.76. The zero-order valence-electron chi connectivity index (χ0n) is 11.0. The summed E-state index contributed by atoms with van der Waals surface area (Å²) in [5, 5.41) is 2.95. The van der Waals surface area contributed by atoms with Gasteiger partial charge in [0.1, 0.15) is 5.75 Å². The first-order chi connectivity index (χ1) is 9.10. The quantitative estimate of drug-likeness (QED) is 0.894. The van der Waals surface area contributed by atoms with Gasteiger partial charge in [-0.1, -0.05) is 15.9 Å². The van der Waals surface area contributed by atoms with Gasteiger partial charge < -0.3 is 15.8 Å². The topological polar surface area (TPSA) is 64.3 Å². The number of halogens is 1. The summed E-state index contributed by atoms with van der Waals surface area (Å²) >= 11 is 3.40. The minimum absolute atomic E-state index is 0.0171. The van der Waals surface area contributed by atoms with Crippen molar-refractivity contribution in [1.29, 1.82) is 0 Å². The van der Waals surface area contributed by atoms with E-state index in [-0.39, 0.29) is 17.9 Å². The Hall–Kier alpha value is -1.07. The molecule has 0 saturated heterocycles. The molecule has 19 heavy (non-hydrogen) atoms. The van der Waals surface area contributed by atoms with E-state index in [0.717, 1.165) is 23.7 Å². The van der Waals surface area contributed by atoms with Gasteiger partial charge in [0, 0.05) is 16.4 Å². The number of rotatable bonds is 4. The summed E-state index contributed by atoms with van der Waals surface area (Å²) in [7, 11) is 0. The average Bonchev–Trinajstić information content (AvgIpc) is 2.80. The third-order valence-electron chi connectivity index (χ3n) is 3.34. The Morgan fingerprint density at radius 1 is 1.53 bits per heavy atom. The van der Waals surface area contributed by atoms with Gasteiger partial charge in [0.15, 0.2) is 0 Å². The lowest BCUT2D eigenvalue weighted by Gasteiger charge is -2.14. The van der Waals surface area contributed by atoms with Gasteiger partial charge in [-0.2, -0.15) is 0 Å². The molecule has 2 unspecified atom stereocenters. The zero-order chi connectivity index (χ0) is 13.8. The first kappa shape index (κ1) is 14.3. The Labute approximate surface area is 121 Å². The van der Waals surface area contributed by atoms with Gasteiger partial charge in [0.05, 0.1) is 12.3 Å². The summed E-state index contributed by atoms with van der Waals surface area (Å²) in [4.78, 5) is 12.2. The lowest BCUT2D eigenvalue weighted by atomic mass is 10.1.